The van der Waals surface area contributed by atoms with E-state index in [2.05, 4.69) is 25.7 Å². The van der Waals surface area contributed by atoms with Crippen LogP contribution in [0.2, 0.25) is 0 Å². The number of rotatable bonds is 4. The first-order chi connectivity index (χ1) is 13.6. The second-order valence-corrected chi connectivity index (χ2v) is 9.26. The highest BCUT2D eigenvalue weighted by Gasteiger charge is 2.59. The predicted octanol–water partition coefficient (Wildman–Crippen LogP) is 2.35. The Morgan fingerprint density at radius 1 is 1.18 bits per heavy atom. The summed E-state index contributed by atoms with van der Waals surface area (Å²) in [6, 6.07) is 9.97. The Balaban J connectivity index is 1.30. The van der Waals surface area contributed by atoms with Crippen LogP contribution in [0.5, 0.6) is 0 Å². The largest absolute Gasteiger partial charge is 0.322 e. The van der Waals surface area contributed by atoms with Crippen molar-refractivity contribution in [3.05, 3.63) is 52.6 Å². The molecule has 1 aromatic carbocycles. The summed E-state index contributed by atoms with van der Waals surface area (Å²) in [6.07, 6.45) is 8.56. The van der Waals surface area contributed by atoms with Crippen molar-refractivity contribution in [2.24, 2.45) is 11.8 Å². The van der Waals surface area contributed by atoms with Gasteiger partial charge in [-0.1, -0.05) is 18.2 Å². The van der Waals surface area contributed by atoms with Crippen LogP contribution in [0.15, 0.2) is 41.5 Å². The van der Waals surface area contributed by atoms with E-state index in [9.17, 15) is 4.79 Å². The summed E-state index contributed by atoms with van der Waals surface area (Å²) >= 11 is 0. The Morgan fingerprint density at radius 3 is 2.79 bits per heavy atom. The maximum Gasteiger partial charge on any atom is 0.252 e. The molecule has 0 saturated heterocycles. The molecule has 4 fully saturated rings. The van der Waals surface area contributed by atoms with Crippen LogP contribution in [0.3, 0.4) is 0 Å². The number of benzene rings is 1. The summed E-state index contributed by atoms with van der Waals surface area (Å²) in [6.45, 7) is 0.598. The van der Waals surface area contributed by atoms with Gasteiger partial charge in [0.2, 0.25) is 0 Å². The number of aromatic nitrogens is 5. The highest BCUT2D eigenvalue weighted by Crippen LogP contribution is 2.60. The van der Waals surface area contributed by atoms with E-state index in [-0.39, 0.29) is 16.6 Å². The van der Waals surface area contributed by atoms with Gasteiger partial charge in [-0.05, 0) is 73.1 Å². The zero-order chi connectivity index (χ0) is 18.8. The van der Waals surface area contributed by atoms with Gasteiger partial charge in [-0.15, -0.1) is 10.2 Å². The Kier molecular flexibility index (Phi) is 3.36. The molecule has 0 radical (unpaired) electrons. The van der Waals surface area contributed by atoms with E-state index in [1.165, 1.54) is 19.3 Å². The van der Waals surface area contributed by atoms with Crippen LogP contribution in [0.1, 0.15) is 44.1 Å². The van der Waals surface area contributed by atoms with E-state index in [0.29, 0.717) is 18.4 Å². The molecule has 2 N–H and O–H groups in total. The minimum absolute atomic E-state index is 0.00332. The molecule has 0 amide bonds. The molecule has 4 bridgehead atoms. The lowest BCUT2D eigenvalue weighted by Crippen LogP contribution is -2.65. The van der Waals surface area contributed by atoms with Crippen molar-refractivity contribution in [2.45, 2.75) is 56.1 Å². The van der Waals surface area contributed by atoms with E-state index in [1.54, 1.807) is 6.33 Å². The smallest absolute Gasteiger partial charge is 0.252 e. The molecular weight excluding hydrogens is 352 g/mol. The first kappa shape index (κ1) is 16.4. The Labute approximate surface area is 162 Å². The second kappa shape index (κ2) is 5.73. The molecule has 0 aliphatic heterocycles. The summed E-state index contributed by atoms with van der Waals surface area (Å²) in [5, 5.41) is 17.6. The molecule has 0 spiro atoms. The van der Waals surface area contributed by atoms with E-state index in [0.717, 1.165) is 35.7 Å². The second-order valence-electron chi connectivity index (χ2n) is 9.26. The lowest BCUT2D eigenvalue weighted by Gasteiger charge is -2.61. The molecule has 4 aliphatic carbocycles. The number of hydrogen-bond acceptors (Lipinski definition) is 5. The van der Waals surface area contributed by atoms with Crippen LogP contribution >= 0.6 is 0 Å². The van der Waals surface area contributed by atoms with Crippen LogP contribution in [0.4, 0.5) is 0 Å². The van der Waals surface area contributed by atoms with Crippen LogP contribution in [0.25, 0.3) is 10.9 Å². The van der Waals surface area contributed by atoms with Gasteiger partial charge >= 0.3 is 0 Å². The first-order valence-electron chi connectivity index (χ1n) is 10.2. The third-order valence-electron chi connectivity index (χ3n) is 7.29. The van der Waals surface area contributed by atoms with Gasteiger partial charge in [-0.3, -0.25) is 4.79 Å². The standard InChI is InChI=1S/C21H24N6O/c28-19-17(6-16-3-1-2-4-18(16)25-19)11-22-20-7-14-5-15(8-20)10-21(9-14,12-20)27-24-13-23-26-27/h1-4,6,13-15,22H,5,7-12H2,(H,25,28). The predicted molar refractivity (Wildman–Crippen MR) is 105 cm³/mol. The number of para-hydroxylation sites is 1. The fourth-order valence-corrected chi connectivity index (χ4v) is 6.65. The first-order valence-corrected chi connectivity index (χ1v) is 10.2. The molecule has 7 rings (SSSR count). The Bertz CT molecular complexity index is 1070. The normalized spacial score (nSPS) is 33.6. The van der Waals surface area contributed by atoms with E-state index in [4.69, 9.17) is 0 Å². The van der Waals surface area contributed by atoms with Crippen molar-refractivity contribution < 1.29 is 0 Å². The minimum atomic E-state index is -0.0105. The summed E-state index contributed by atoms with van der Waals surface area (Å²) < 4.78 is 0. The molecule has 2 unspecified atom stereocenters. The lowest BCUT2D eigenvalue weighted by atomic mass is 9.50. The zero-order valence-electron chi connectivity index (χ0n) is 15.8. The monoisotopic (exact) mass is 376 g/mol. The van der Waals surface area contributed by atoms with Crippen molar-refractivity contribution in [3.63, 3.8) is 0 Å². The van der Waals surface area contributed by atoms with Crippen molar-refractivity contribution in [3.8, 4) is 0 Å². The van der Waals surface area contributed by atoms with Crippen molar-refractivity contribution >= 4 is 10.9 Å². The Hall–Kier alpha value is -2.54. The number of aromatic amines is 1. The Morgan fingerprint density at radius 2 is 2.00 bits per heavy atom. The number of pyridine rings is 1. The SMILES string of the molecule is O=c1[nH]c2ccccc2cc1CNC12CC3CC(C1)CC(n1ncnn1)(C3)C2. The lowest BCUT2D eigenvalue weighted by molar-refractivity contribution is -0.0854. The molecule has 4 saturated carbocycles. The highest BCUT2D eigenvalue weighted by molar-refractivity contribution is 5.78. The van der Waals surface area contributed by atoms with Gasteiger partial charge in [0.15, 0.2) is 6.33 Å². The summed E-state index contributed by atoms with van der Waals surface area (Å²) in [5.41, 5.74) is 1.76. The van der Waals surface area contributed by atoms with Gasteiger partial charge in [0.1, 0.15) is 0 Å². The quantitative estimate of drug-likeness (QED) is 0.730. The van der Waals surface area contributed by atoms with Gasteiger partial charge in [-0.2, -0.15) is 4.80 Å². The molecule has 28 heavy (non-hydrogen) atoms. The number of nitrogens with one attached hydrogen (secondary N) is 2. The van der Waals surface area contributed by atoms with Gasteiger partial charge in [0.25, 0.3) is 5.56 Å². The molecule has 7 heteroatoms. The number of hydrogen-bond donors (Lipinski definition) is 2. The minimum Gasteiger partial charge on any atom is -0.322 e. The number of tetrazole rings is 1. The molecule has 2 atom stereocenters. The highest BCUT2D eigenvalue weighted by atomic mass is 16.1. The molecule has 4 aliphatic rings. The van der Waals surface area contributed by atoms with Gasteiger partial charge < -0.3 is 10.3 Å². The maximum absolute atomic E-state index is 12.6. The van der Waals surface area contributed by atoms with Crippen molar-refractivity contribution in [1.82, 2.24) is 30.5 Å². The topological polar surface area (TPSA) is 88.5 Å². The summed E-state index contributed by atoms with van der Waals surface area (Å²) in [4.78, 5) is 17.5. The number of nitrogens with zero attached hydrogens (tertiary/aromatic N) is 4. The van der Waals surface area contributed by atoms with Gasteiger partial charge in [0.05, 0.1) is 5.54 Å². The number of H-pyrrole nitrogens is 1. The molecule has 2 heterocycles. The summed E-state index contributed by atoms with van der Waals surface area (Å²) in [5.74, 6) is 1.41. The number of fused-ring (bicyclic) bond motifs is 1. The average Bonchev–Trinajstić information content (AvgIpc) is 3.21. The van der Waals surface area contributed by atoms with Crippen molar-refractivity contribution in [2.75, 3.05) is 0 Å². The third kappa shape index (κ3) is 2.45. The summed E-state index contributed by atoms with van der Waals surface area (Å²) in [7, 11) is 0. The molecule has 3 aromatic rings. The average molecular weight is 376 g/mol. The maximum atomic E-state index is 12.6. The molecular formula is C21H24N6O. The fraction of sp³-hybridized carbons (Fsp3) is 0.524. The van der Waals surface area contributed by atoms with E-state index >= 15 is 0 Å². The van der Waals surface area contributed by atoms with Gasteiger partial charge in [-0.25, -0.2) is 0 Å². The van der Waals surface area contributed by atoms with Crippen LogP contribution in [-0.4, -0.2) is 30.7 Å². The van der Waals surface area contributed by atoms with Crippen LogP contribution in [0, 0.1) is 11.8 Å². The molecule has 7 nitrogen and oxygen atoms in total. The van der Waals surface area contributed by atoms with Crippen LogP contribution < -0.4 is 10.9 Å². The molecule has 2 aromatic heterocycles. The fourth-order valence-electron chi connectivity index (χ4n) is 6.65. The van der Waals surface area contributed by atoms with Crippen LogP contribution in [-0.2, 0) is 12.1 Å². The zero-order valence-corrected chi connectivity index (χ0v) is 15.8. The third-order valence-corrected chi connectivity index (χ3v) is 7.29. The van der Waals surface area contributed by atoms with E-state index < -0.39 is 0 Å². The van der Waals surface area contributed by atoms with Gasteiger partial charge in [0, 0.05) is 23.2 Å². The van der Waals surface area contributed by atoms with E-state index in [1.807, 2.05) is 35.1 Å². The van der Waals surface area contributed by atoms with Crippen molar-refractivity contribution in [1.29, 1.82) is 0 Å². The molecule has 144 valence electrons.